The van der Waals surface area contributed by atoms with Crippen LogP contribution in [0.3, 0.4) is 0 Å². The summed E-state index contributed by atoms with van der Waals surface area (Å²) in [5, 5.41) is 0. The first kappa shape index (κ1) is 31.5. The third kappa shape index (κ3) is 8.91. The summed E-state index contributed by atoms with van der Waals surface area (Å²) in [6.07, 6.45) is 4.03. The molecule has 0 saturated carbocycles. The first-order valence-corrected chi connectivity index (χ1v) is 12.0. The summed E-state index contributed by atoms with van der Waals surface area (Å²) in [4.78, 5) is 14.2. The molecule has 214 valence electrons. The normalized spacial score (nSPS) is 11.0. The molecule has 39 heavy (non-hydrogen) atoms. The number of benzene rings is 2. The van der Waals surface area contributed by atoms with Crippen LogP contribution in [0.4, 0.5) is 0 Å². The molecule has 0 aliphatic carbocycles. The summed E-state index contributed by atoms with van der Waals surface area (Å²) in [7, 11) is 9.10. The van der Waals surface area contributed by atoms with Crippen molar-refractivity contribution in [1.29, 1.82) is 0 Å². The number of Topliss-reactive ketones (excluding diaryl/α,β-unsaturated/α-hetero) is 1. The highest BCUT2D eigenvalue weighted by atomic mass is 16.7. The fraction of sp³-hybridized carbons (Fsp3) is 0.414. The van der Waals surface area contributed by atoms with E-state index in [0.29, 0.717) is 40.6 Å². The van der Waals surface area contributed by atoms with E-state index in [9.17, 15) is 4.79 Å². The Morgan fingerprint density at radius 2 is 1.18 bits per heavy atom. The molecule has 0 aromatic heterocycles. The van der Waals surface area contributed by atoms with Gasteiger partial charge in [0.25, 0.3) is 0 Å². The highest BCUT2D eigenvalue weighted by Crippen LogP contribution is 2.39. The molecule has 0 amide bonds. The van der Waals surface area contributed by atoms with E-state index >= 15 is 0 Å². The van der Waals surface area contributed by atoms with Gasteiger partial charge in [0, 0.05) is 50.7 Å². The van der Waals surface area contributed by atoms with Crippen LogP contribution in [-0.2, 0) is 14.2 Å². The lowest BCUT2D eigenvalue weighted by atomic mass is 9.95. The molecule has 0 aliphatic rings. The zero-order chi connectivity index (χ0) is 28.8. The first-order chi connectivity index (χ1) is 18.8. The highest BCUT2D eigenvalue weighted by Gasteiger charge is 2.25. The van der Waals surface area contributed by atoms with E-state index in [-0.39, 0.29) is 43.2 Å². The maximum atomic E-state index is 14.2. The Labute approximate surface area is 229 Å². The largest absolute Gasteiger partial charge is 0.496 e. The van der Waals surface area contributed by atoms with Crippen LogP contribution >= 0.6 is 0 Å². The molecule has 2 rings (SSSR count). The summed E-state index contributed by atoms with van der Waals surface area (Å²) in [5.41, 5.74) is 2.29. The van der Waals surface area contributed by atoms with Gasteiger partial charge in [-0.05, 0) is 32.4 Å². The molecule has 10 heteroatoms. The molecule has 0 atom stereocenters. The van der Waals surface area contributed by atoms with E-state index in [1.165, 1.54) is 21.3 Å². The van der Waals surface area contributed by atoms with Crippen molar-refractivity contribution in [3.8, 4) is 34.5 Å². The molecule has 0 bridgehead atoms. The van der Waals surface area contributed by atoms with Gasteiger partial charge in [-0.15, -0.1) is 0 Å². The molecule has 0 heterocycles. The third-order valence-electron chi connectivity index (χ3n) is 5.36. The number of rotatable bonds is 17. The van der Waals surface area contributed by atoms with E-state index in [4.69, 9.17) is 42.6 Å². The molecule has 0 aliphatic heterocycles. The molecular weight excluding hydrogens is 508 g/mol. The molecule has 2 aromatic rings. The molecule has 0 fully saturated rings. The summed E-state index contributed by atoms with van der Waals surface area (Å²) in [6, 6.07) is 6.62. The van der Waals surface area contributed by atoms with E-state index in [2.05, 4.69) is 0 Å². The number of hydrogen-bond donors (Lipinski definition) is 0. The van der Waals surface area contributed by atoms with Crippen LogP contribution in [0.25, 0.3) is 6.08 Å². The first-order valence-electron chi connectivity index (χ1n) is 12.0. The standard InChI is InChI=1S/C29H38O10/c1-19(2)9-10-20(11-21-12-24(35-7)25(36-8)15-23(21)34-6)29(30)28-26(38-17-32-4)13-22(37-16-31-3)14-27(28)39-18-33-5/h9,11-15H,10,16-18H2,1-8H3/b20-11+. The minimum atomic E-state index is -0.333. The van der Waals surface area contributed by atoms with Crippen molar-refractivity contribution in [1.82, 2.24) is 0 Å². The monoisotopic (exact) mass is 546 g/mol. The zero-order valence-corrected chi connectivity index (χ0v) is 23.9. The number of carbonyl (C=O) groups is 1. The van der Waals surface area contributed by atoms with Crippen LogP contribution in [0, 0.1) is 0 Å². The lowest BCUT2D eigenvalue weighted by molar-refractivity contribution is 0.0400. The minimum absolute atomic E-state index is 0.00838. The van der Waals surface area contributed by atoms with Gasteiger partial charge in [0.15, 0.2) is 37.7 Å². The average Bonchev–Trinajstić information content (AvgIpc) is 2.94. The van der Waals surface area contributed by atoms with Crippen LogP contribution in [-0.4, -0.2) is 68.8 Å². The van der Waals surface area contributed by atoms with Crippen LogP contribution in [0.5, 0.6) is 34.5 Å². The Kier molecular flexibility index (Phi) is 13.1. The number of ether oxygens (including phenoxy) is 9. The number of carbonyl (C=O) groups excluding carboxylic acids is 1. The lowest BCUT2D eigenvalue weighted by Gasteiger charge is -2.18. The van der Waals surface area contributed by atoms with Gasteiger partial charge < -0.3 is 42.6 Å². The van der Waals surface area contributed by atoms with E-state index < -0.39 is 0 Å². The van der Waals surface area contributed by atoms with Crippen molar-refractivity contribution in [3.63, 3.8) is 0 Å². The molecule has 0 saturated heterocycles. The predicted molar refractivity (Wildman–Crippen MR) is 146 cm³/mol. The summed E-state index contributed by atoms with van der Waals surface area (Å²) in [6.45, 7) is 3.70. The molecule has 0 spiro atoms. The Morgan fingerprint density at radius 1 is 0.667 bits per heavy atom. The second kappa shape index (κ2) is 16.3. The van der Waals surface area contributed by atoms with Crippen molar-refractivity contribution in [2.75, 3.05) is 63.0 Å². The fourth-order valence-electron chi connectivity index (χ4n) is 3.52. The van der Waals surface area contributed by atoms with Crippen molar-refractivity contribution >= 4 is 11.9 Å². The van der Waals surface area contributed by atoms with Crippen molar-refractivity contribution in [2.24, 2.45) is 0 Å². The van der Waals surface area contributed by atoms with Gasteiger partial charge in [-0.25, -0.2) is 0 Å². The summed E-state index contributed by atoms with van der Waals surface area (Å²) in [5.74, 6) is 1.96. The van der Waals surface area contributed by atoms with Gasteiger partial charge in [-0.1, -0.05) is 11.6 Å². The number of hydrogen-bond acceptors (Lipinski definition) is 10. The molecule has 0 N–H and O–H groups in total. The highest BCUT2D eigenvalue weighted by molar-refractivity contribution is 6.15. The zero-order valence-electron chi connectivity index (χ0n) is 23.9. The topological polar surface area (TPSA) is 100 Å². The molecule has 0 unspecified atom stereocenters. The van der Waals surface area contributed by atoms with E-state index in [0.717, 1.165) is 5.57 Å². The Morgan fingerprint density at radius 3 is 1.67 bits per heavy atom. The quantitative estimate of drug-likeness (QED) is 0.113. The van der Waals surface area contributed by atoms with Gasteiger partial charge in [-0.2, -0.15) is 0 Å². The number of ketones is 1. The van der Waals surface area contributed by atoms with Gasteiger partial charge >= 0.3 is 0 Å². The van der Waals surface area contributed by atoms with Crippen LogP contribution in [0.2, 0.25) is 0 Å². The second-order valence-corrected chi connectivity index (χ2v) is 8.38. The van der Waals surface area contributed by atoms with Crippen LogP contribution in [0.15, 0.2) is 41.5 Å². The molecule has 2 aromatic carbocycles. The Bertz CT molecular complexity index is 1120. The number of methoxy groups -OCH3 is 6. The molecular formula is C29H38O10. The fourth-order valence-corrected chi connectivity index (χ4v) is 3.52. The average molecular weight is 547 g/mol. The molecule has 10 nitrogen and oxygen atoms in total. The third-order valence-corrected chi connectivity index (χ3v) is 5.36. The minimum Gasteiger partial charge on any atom is -0.496 e. The van der Waals surface area contributed by atoms with Crippen molar-refractivity contribution in [2.45, 2.75) is 20.3 Å². The van der Waals surface area contributed by atoms with E-state index in [1.54, 1.807) is 51.7 Å². The SMILES string of the molecule is COCOc1cc(OCOC)c(C(=O)/C(=C/c2cc(OC)c(OC)cc2OC)CC=C(C)C)c(OCOC)c1. The maximum Gasteiger partial charge on any atom is 0.196 e. The van der Waals surface area contributed by atoms with Crippen molar-refractivity contribution in [3.05, 3.63) is 52.6 Å². The van der Waals surface area contributed by atoms with Gasteiger partial charge in [0.05, 0.1) is 21.3 Å². The summed E-state index contributed by atoms with van der Waals surface area (Å²) < 4.78 is 48.9. The predicted octanol–water partition coefficient (Wildman–Crippen LogP) is 5.28. The lowest BCUT2D eigenvalue weighted by Crippen LogP contribution is -2.13. The van der Waals surface area contributed by atoms with Crippen molar-refractivity contribution < 1.29 is 47.4 Å². The maximum absolute atomic E-state index is 14.2. The Balaban J connectivity index is 2.78. The van der Waals surface area contributed by atoms with Gasteiger partial charge in [0.1, 0.15) is 28.6 Å². The smallest absolute Gasteiger partial charge is 0.196 e. The second-order valence-electron chi connectivity index (χ2n) is 8.38. The van der Waals surface area contributed by atoms with Gasteiger partial charge in [0.2, 0.25) is 0 Å². The van der Waals surface area contributed by atoms with Crippen LogP contribution in [0.1, 0.15) is 36.2 Å². The van der Waals surface area contributed by atoms with Crippen LogP contribution < -0.4 is 28.4 Å². The number of allylic oxidation sites excluding steroid dienone is 3. The summed E-state index contributed by atoms with van der Waals surface area (Å²) >= 11 is 0. The van der Waals surface area contributed by atoms with E-state index in [1.807, 2.05) is 19.9 Å². The van der Waals surface area contributed by atoms with Gasteiger partial charge in [-0.3, -0.25) is 4.79 Å². The molecule has 0 radical (unpaired) electrons. The Hall–Kier alpha value is -3.73.